The second kappa shape index (κ2) is 6.10. The van der Waals surface area contributed by atoms with Crippen LogP contribution in [0.3, 0.4) is 0 Å². The van der Waals surface area contributed by atoms with E-state index in [1.165, 1.54) is 0 Å². The third-order valence-electron chi connectivity index (χ3n) is 4.73. The lowest BCUT2D eigenvalue weighted by molar-refractivity contribution is -0.139. The van der Waals surface area contributed by atoms with Crippen molar-refractivity contribution in [1.82, 2.24) is 5.32 Å². The van der Waals surface area contributed by atoms with Gasteiger partial charge in [-0.05, 0) is 37.8 Å². The summed E-state index contributed by atoms with van der Waals surface area (Å²) in [6, 6.07) is 5.17. The third-order valence-corrected chi connectivity index (χ3v) is 4.73. The van der Waals surface area contributed by atoms with Crippen LogP contribution in [0.1, 0.15) is 43.0 Å². The second-order valence-corrected chi connectivity index (χ2v) is 6.40. The Bertz CT molecular complexity index is 625. The number of aliphatic carboxylic acids is 1. The van der Waals surface area contributed by atoms with Crippen LogP contribution >= 0.6 is 0 Å². The van der Waals surface area contributed by atoms with E-state index in [0.29, 0.717) is 30.3 Å². The summed E-state index contributed by atoms with van der Waals surface area (Å²) >= 11 is 0. The van der Waals surface area contributed by atoms with E-state index in [0.717, 1.165) is 19.3 Å². The predicted molar refractivity (Wildman–Crippen MR) is 82.9 cm³/mol. The molecule has 1 aromatic carbocycles. The molecule has 0 aromatic heterocycles. The topological polar surface area (TPSA) is 84.9 Å². The first-order valence-corrected chi connectivity index (χ1v) is 7.92. The van der Waals surface area contributed by atoms with E-state index in [-0.39, 0.29) is 18.2 Å². The van der Waals surface area contributed by atoms with Crippen LogP contribution in [0.25, 0.3) is 0 Å². The molecule has 1 atom stereocenters. The summed E-state index contributed by atoms with van der Waals surface area (Å²) in [6.07, 6.45) is 2.87. The average molecular weight is 319 g/mol. The molecule has 1 aliphatic heterocycles. The minimum absolute atomic E-state index is 0.0875. The standard InChI is InChI=1S/C17H21NO5/c1-17(10-14(19)20,11-4-2-5-11)18-16(21)12-6-3-7-13-15(12)23-9-8-22-13/h3,6-7,11H,2,4-5,8-10H2,1H3,(H,18,21)(H,19,20). The molecule has 124 valence electrons. The number of rotatable bonds is 5. The molecule has 3 rings (SSSR count). The molecule has 1 heterocycles. The van der Waals surface area contributed by atoms with Gasteiger partial charge in [0.25, 0.3) is 5.91 Å². The summed E-state index contributed by atoms with van der Waals surface area (Å²) in [5, 5.41) is 12.1. The largest absolute Gasteiger partial charge is 0.486 e. The number of fused-ring (bicyclic) bond motifs is 1. The molecule has 6 heteroatoms. The number of amides is 1. The number of hydrogen-bond acceptors (Lipinski definition) is 4. The van der Waals surface area contributed by atoms with Crippen molar-refractivity contribution in [2.24, 2.45) is 5.92 Å². The van der Waals surface area contributed by atoms with Gasteiger partial charge in [0.1, 0.15) is 13.2 Å². The van der Waals surface area contributed by atoms with Crippen LogP contribution in [0.15, 0.2) is 18.2 Å². The Morgan fingerprint density at radius 2 is 2.04 bits per heavy atom. The first kappa shape index (κ1) is 15.6. The van der Waals surface area contributed by atoms with Crippen LogP contribution in [-0.2, 0) is 4.79 Å². The Hall–Kier alpha value is -2.24. The fourth-order valence-electron chi connectivity index (χ4n) is 3.23. The molecular formula is C17H21NO5. The molecule has 1 amide bonds. The zero-order valence-electron chi connectivity index (χ0n) is 13.1. The fourth-order valence-corrected chi connectivity index (χ4v) is 3.23. The molecule has 0 spiro atoms. The quantitative estimate of drug-likeness (QED) is 0.869. The monoisotopic (exact) mass is 319 g/mol. The van der Waals surface area contributed by atoms with Crippen molar-refractivity contribution >= 4 is 11.9 Å². The van der Waals surface area contributed by atoms with Gasteiger partial charge < -0.3 is 19.9 Å². The molecule has 1 fully saturated rings. The van der Waals surface area contributed by atoms with Crippen LogP contribution in [0, 0.1) is 5.92 Å². The van der Waals surface area contributed by atoms with Gasteiger partial charge in [0.2, 0.25) is 0 Å². The summed E-state index contributed by atoms with van der Waals surface area (Å²) in [6.45, 7) is 2.67. The second-order valence-electron chi connectivity index (χ2n) is 6.40. The zero-order chi connectivity index (χ0) is 16.4. The van der Waals surface area contributed by atoms with E-state index >= 15 is 0 Å². The SMILES string of the molecule is CC(CC(=O)O)(NC(=O)c1cccc2c1OCCO2)C1CCC1. The molecule has 1 aliphatic carbocycles. The van der Waals surface area contributed by atoms with Crippen molar-refractivity contribution in [3.8, 4) is 11.5 Å². The molecule has 1 saturated carbocycles. The summed E-state index contributed by atoms with van der Waals surface area (Å²) in [7, 11) is 0. The van der Waals surface area contributed by atoms with Crippen LogP contribution in [0.4, 0.5) is 0 Å². The highest BCUT2D eigenvalue weighted by Gasteiger charge is 2.41. The Kier molecular flexibility index (Phi) is 4.15. The van der Waals surface area contributed by atoms with Gasteiger partial charge in [0.15, 0.2) is 11.5 Å². The summed E-state index contributed by atoms with van der Waals surface area (Å²) in [5.74, 6) is -0.0494. The molecule has 1 unspecified atom stereocenters. The number of nitrogens with one attached hydrogen (secondary N) is 1. The normalized spacial score (nSPS) is 19.3. The highest BCUT2D eigenvalue weighted by molar-refractivity contribution is 5.98. The van der Waals surface area contributed by atoms with Crippen LogP contribution in [0.5, 0.6) is 11.5 Å². The summed E-state index contributed by atoms with van der Waals surface area (Å²) in [4.78, 5) is 23.9. The molecule has 0 saturated heterocycles. The van der Waals surface area contributed by atoms with E-state index in [4.69, 9.17) is 9.47 Å². The van der Waals surface area contributed by atoms with Gasteiger partial charge >= 0.3 is 5.97 Å². The fraction of sp³-hybridized carbons (Fsp3) is 0.529. The number of ether oxygens (including phenoxy) is 2. The van der Waals surface area contributed by atoms with Crippen LogP contribution < -0.4 is 14.8 Å². The Morgan fingerprint density at radius 1 is 1.30 bits per heavy atom. The number of hydrogen-bond donors (Lipinski definition) is 2. The van der Waals surface area contributed by atoms with E-state index in [2.05, 4.69) is 5.32 Å². The molecule has 1 aromatic rings. The van der Waals surface area contributed by atoms with Gasteiger partial charge in [0.05, 0.1) is 17.5 Å². The van der Waals surface area contributed by atoms with Gasteiger partial charge in [-0.2, -0.15) is 0 Å². The van der Waals surface area contributed by atoms with Crippen LogP contribution in [0.2, 0.25) is 0 Å². The lowest BCUT2D eigenvalue weighted by Gasteiger charge is -2.42. The first-order valence-electron chi connectivity index (χ1n) is 7.92. The van der Waals surface area contributed by atoms with Crippen molar-refractivity contribution in [2.75, 3.05) is 13.2 Å². The first-order chi connectivity index (χ1) is 11.0. The molecule has 0 bridgehead atoms. The molecule has 2 aliphatic rings. The number of para-hydroxylation sites is 1. The van der Waals surface area contributed by atoms with E-state index in [9.17, 15) is 14.7 Å². The van der Waals surface area contributed by atoms with Gasteiger partial charge in [-0.1, -0.05) is 12.5 Å². The Labute approximate surface area is 134 Å². The van der Waals surface area contributed by atoms with E-state index in [1.807, 2.05) is 6.92 Å². The molecule has 2 N–H and O–H groups in total. The smallest absolute Gasteiger partial charge is 0.305 e. The van der Waals surface area contributed by atoms with Gasteiger partial charge in [-0.15, -0.1) is 0 Å². The van der Waals surface area contributed by atoms with Gasteiger partial charge in [-0.25, -0.2) is 0 Å². The maximum Gasteiger partial charge on any atom is 0.305 e. The van der Waals surface area contributed by atoms with Crippen molar-refractivity contribution in [3.63, 3.8) is 0 Å². The lowest BCUT2D eigenvalue weighted by atomic mass is 9.70. The average Bonchev–Trinajstić information content (AvgIpc) is 2.43. The Morgan fingerprint density at radius 3 is 2.70 bits per heavy atom. The van der Waals surface area contributed by atoms with Crippen molar-refractivity contribution in [1.29, 1.82) is 0 Å². The highest BCUT2D eigenvalue weighted by Crippen LogP contribution is 2.39. The minimum atomic E-state index is -0.908. The van der Waals surface area contributed by atoms with Gasteiger partial charge in [-0.3, -0.25) is 9.59 Å². The summed E-state index contributed by atoms with van der Waals surface area (Å²) in [5.41, 5.74) is -0.363. The number of carboxylic acid groups (broad SMARTS) is 1. The molecule has 6 nitrogen and oxygen atoms in total. The maximum atomic E-state index is 12.7. The van der Waals surface area contributed by atoms with Crippen molar-refractivity contribution in [2.45, 2.75) is 38.1 Å². The molecule has 23 heavy (non-hydrogen) atoms. The summed E-state index contributed by atoms with van der Waals surface area (Å²) < 4.78 is 11.1. The number of benzene rings is 1. The van der Waals surface area contributed by atoms with Crippen LogP contribution in [-0.4, -0.2) is 35.7 Å². The van der Waals surface area contributed by atoms with Gasteiger partial charge in [0, 0.05) is 0 Å². The third kappa shape index (κ3) is 3.11. The molecule has 0 radical (unpaired) electrons. The number of carbonyl (C=O) groups excluding carboxylic acids is 1. The highest BCUT2D eigenvalue weighted by atomic mass is 16.6. The predicted octanol–water partition coefficient (Wildman–Crippen LogP) is 2.22. The number of carboxylic acids is 1. The van der Waals surface area contributed by atoms with Crippen molar-refractivity contribution in [3.05, 3.63) is 23.8 Å². The Balaban J connectivity index is 1.83. The van der Waals surface area contributed by atoms with E-state index < -0.39 is 11.5 Å². The van der Waals surface area contributed by atoms with E-state index in [1.54, 1.807) is 18.2 Å². The lowest BCUT2D eigenvalue weighted by Crippen LogP contribution is -2.54. The van der Waals surface area contributed by atoms with Crippen molar-refractivity contribution < 1.29 is 24.2 Å². The zero-order valence-corrected chi connectivity index (χ0v) is 13.1. The number of carbonyl (C=O) groups is 2. The maximum absolute atomic E-state index is 12.7. The minimum Gasteiger partial charge on any atom is -0.486 e. The molecular weight excluding hydrogens is 298 g/mol.